The molecule has 2 rings (SSSR count). The number of halogens is 3. The quantitative estimate of drug-likeness (QED) is 0.739. The average Bonchev–Trinajstić information content (AvgIpc) is 2.37. The molecule has 0 saturated heterocycles. The van der Waals surface area contributed by atoms with Crippen LogP contribution in [0, 0.1) is 25.5 Å². The predicted molar refractivity (Wildman–Crippen MR) is 73.4 cm³/mol. The van der Waals surface area contributed by atoms with Gasteiger partial charge < -0.3 is 0 Å². The fraction of sp³-hybridized carbons (Fsp3) is 0.133. The second-order valence-corrected chi connectivity index (χ2v) is 5.15. The van der Waals surface area contributed by atoms with Crippen LogP contribution in [-0.4, -0.2) is 5.78 Å². The first-order valence-electron chi connectivity index (χ1n) is 5.68. The van der Waals surface area contributed by atoms with E-state index in [1.54, 1.807) is 25.1 Å². The van der Waals surface area contributed by atoms with Gasteiger partial charge in [-0.3, -0.25) is 4.79 Å². The number of benzene rings is 2. The lowest BCUT2D eigenvalue weighted by Crippen LogP contribution is -2.10. The molecule has 0 aliphatic heterocycles. The first-order chi connectivity index (χ1) is 8.93. The molecule has 4 heteroatoms. The molecular weight excluding hydrogens is 314 g/mol. The molecule has 0 aliphatic carbocycles. The summed E-state index contributed by atoms with van der Waals surface area (Å²) in [5, 5.41) is 0. The number of carbonyl (C=O) groups is 1. The van der Waals surface area contributed by atoms with Crippen molar-refractivity contribution in [3.8, 4) is 0 Å². The molecule has 0 amide bonds. The van der Waals surface area contributed by atoms with Crippen molar-refractivity contribution in [1.82, 2.24) is 0 Å². The van der Waals surface area contributed by atoms with Crippen LogP contribution in [-0.2, 0) is 0 Å². The standard InChI is InChI=1S/C15H11BrF2O/c1-8-6-7-12(17)13(14(8)18)15(19)10-4-3-5-11(16)9(10)2/h3-7H,1-2H3. The van der Waals surface area contributed by atoms with Crippen LogP contribution >= 0.6 is 15.9 Å². The average molecular weight is 325 g/mol. The Hall–Kier alpha value is -1.55. The summed E-state index contributed by atoms with van der Waals surface area (Å²) in [4.78, 5) is 12.3. The maximum atomic E-state index is 14.0. The lowest BCUT2D eigenvalue weighted by atomic mass is 9.97. The van der Waals surface area contributed by atoms with E-state index < -0.39 is 23.0 Å². The van der Waals surface area contributed by atoms with Crippen LogP contribution in [0.1, 0.15) is 27.0 Å². The molecule has 0 heterocycles. The molecule has 0 fully saturated rings. The van der Waals surface area contributed by atoms with Crippen molar-refractivity contribution in [2.75, 3.05) is 0 Å². The molecule has 2 aromatic rings. The van der Waals surface area contributed by atoms with E-state index in [2.05, 4.69) is 15.9 Å². The molecule has 2 aromatic carbocycles. The summed E-state index contributed by atoms with van der Waals surface area (Å²) in [5.41, 5.74) is 0.698. The molecule has 0 saturated carbocycles. The zero-order valence-electron chi connectivity index (χ0n) is 10.4. The fourth-order valence-electron chi connectivity index (χ4n) is 1.85. The van der Waals surface area contributed by atoms with Gasteiger partial charge in [0.2, 0.25) is 0 Å². The summed E-state index contributed by atoms with van der Waals surface area (Å²) in [6.45, 7) is 3.22. The molecule has 0 bridgehead atoms. The van der Waals surface area contributed by atoms with E-state index in [0.717, 1.165) is 10.5 Å². The fourth-order valence-corrected chi connectivity index (χ4v) is 2.22. The molecule has 19 heavy (non-hydrogen) atoms. The Morgan fingerprint density at radius 2 is 1.79 bits per heavy atom. The molecule has 1 nitrogen and oxygen atoms in total. The van der Waals surface area contributed by atoms with Gasteiger partial charge in [-0.05, 0) is 37.1 Å². The third-order valence-electron chi connectivity index (χ3n) is 3.02. The molecule has 0 atom stereocenters. The molecule has 0 radical (unpaired) electrons. The molecule has 0 spiro atoms. The van der Waals surface area contributed by atoms with Crippen molar-refractivity contribution in [2.24, 2.45) is 0 Å². The first kappa shape index (κ1) is 13.9. The van der Waals surface area contributed by atoms with E-state index >= 15 is 0 Å². The van der Waals surface area contributed by atoms with Crippen LogP contribution in [0.2, 0.25) is 0 Å². The molecule has 0 N–H and O–H groups in total. The Labute approximate surface area is 118 Å². The Balaban J connectivity index is 2.63. The molecule has 0 unspecified atom stereocenters. The van der Waals surface area contributed by atoms with Crippen molar-refractivity contribution >= 4 is 21.7 Å². The highest BCUT2D eigenvalue weighted by Crippen LogP contribution is 2.25. The Kier molecular flexibility index (Phi) is 3.80. The molecule has 0 aliphatic rings. The third kappa shape index (κ3) is 2.45. The summed E-state index contributed by atoms with van der Waals surface area (Å²) >= 11 is 3.30. The Bertz CT molecular complexity index is 665. The maximum Gasteiger partial charge on any atom is 0.199 e. The third-order valence-corrected chi connectivity index (χ3v) is 3.88. The van der Waals surface area contributed by atoms with Gasteiger partial charge in [0.1, 0.15) is 11.6 Å². The molecular formula is C15H11BrF2O. The van der Waals surface area contributed by atoms with Crippen LogP contribution in [0.3, 0.4) is 0 Å². The van der Waals surface area contributed by atoms with E-state index in [-0.39, 0.29) is 11.1 Å². The van der Waals surface area contributed by atoms with Crippen LogP contribution in [0.4, 0.5) is 8.78 Å². The summed E-state index contributed by atoms with van der Waals surface area (Å²) in [6.07, 6.45) is 0. The zero-order valence-corrected chi connectivity index (χ0v) is 12.0. The number of rotatable bonds is 2. The minimum absolute atomic E-state index is 0.248. The van der Waals surface area contributed by atoms with Crippen molar-refractivity contribution in [1.29, 1.82) is 0 Å². The maximum absolute atomic E-state index is 14.0. The summed E-state index contributed by atoms with van der Waals surface area (Å²) in [7, 11) is 0. The largest absolute Gasteiger partial charge is 0.288 e. The SMILES string of the molecule is Cc1ccc(F)c(C(=O)c2cccc(Br)c2C)c1F. The van der Waals surface area contributed by atoms with E-state index in [4.69, 9.17) is 0 Å². The lowest BCUT2D eigenvalue weighted by Gasteiger charge is -2.09. The van der Waals surface area contributed by atoms with Crippen molar-refractivity contribution < 1.29 is 13.6 Å². The topological polar surface area (TPSA) is 17.1 Å². The van der Waals surface area contributed by atoms with Gasteiger partial charge in [0, 0.05) is 10.0 Å². The highest BCUT2D eigenvalue weighted by Gasteiger charge is 2.22. The first-order valence-corrected chi connectivity index (χ1v) is 6.47. The van der Waals surface area contributed by atoms with Gasteiger partial charge in [-0.1, -0.05) is 34.1 Å². The van der Waals surface area contributed by atoms with Crippen LogP contribution in [0.15, 0.2) is 34.8 Å². The van der Waals surface area contributed by atoms with Gasteiger partial charge in [-0.15, -0.1) is 0 Å². The number of aryl methyl sites for hydroxylation is 1. The van der Waals surface area contributed by atoms with Crippen LogP contribution < -0.4 is 0 Å². The number of hydrogen-bond acceptors (Lipinski definition) is 1. The van der Waals surface area contributed by atoms with Gasteiger partial charge in [0.15, 0.2) is 5.78 Å². The van der Waals surface area contributed by atoms with Crippen LogP contribution in [0.25, 0.3) is 0 Å². The number of ketones is 1. The highest BCUT2D eigenvalue weighted by molar-refractivity contribution is 9.10. The van der Waals surface area contributed by atoms with Crippen molar-refractivity contribution in [2.45, 2.75) is 13.8 Å². The minimum Gasteiger partial charge on any atom is -0.288 e. The number of carbonyl (C=O) groups excluding carboxylic acids is 1. The van der Waals surface area contributed by atoms with Gasteiger partial charge >= 0.3 is 0 Å². The second kappa shape index (κ2) is 5.21. The predicted octanol–water partition coefficient (Wildman–Crippen LogP) is 4.58. The van der Waals surface area contributed by atoms with E-state index in [0.29, 0.717) is 5.56 Å². The van der Waals surface area contributed by atoms with Crippen molar-refractivity contribution in [3.05, 3.63) is 68.7 Å². The summed E-state index contributed by atoms with van der Waals surface area (Å²) in [6, 6.07) is 7.42. The molecule has 0 aromatic heterocycles. The van der Waals surface area contributed by atoms with Gasteiger partial charge in [0.05, 0.1) is 5.56 Å². The van der Waals surface area contributed by atoms with E-state index in [1.807, 2.05) is 0 Å². The van der Waals surface area contributed by atoms with Gasteiger partial charge in [-0.25, -0.2) is 8.78 Å². The highest BCUT2D eigenvalue weighted by atomic mass is 79.9. The monoisotopic (exact) mass is 324 g/mol. The zero-order chi connectivity index (χ0) is 14.2. The molecule has 98 valence electrons. The second-order valence-electron chi connectivity index (χ2n) is 4.29. The smallest absolute Gasteiger partial charge is 0.199 e. The Morgan fingerprint density at radius 3 is 2.47 bits per heavy atom. The summed E-state index contributed by atoms with van der Waals surface area (Å²) in [5.74, 6) is -2.28. The van der Waals surface area contributed by atoms with E-state index in [1.165, 1.54) is 13.0 Å². The van der Waals surface area contributed by atoms with Gasteiger partial charge in [-0.2, -0.15) is 0 Å². The van der Waals surface area contributed by atoms with Crippen molar-refractivity contribution in [3.63, 3.8) is 0 Å². The Morgan fingerprint density at radius 1 is 1.11 bits per heavy atom. The summed E-state index contributed by atoms with van der Waals surface area (Å²) < 4.78 is 28.4. The van der Waals surface area contributed by atoms with E-state index in [9.17, 15) is 13.6 Å². The van der Waals surface area contributed by atoms with Crippen LogP contribution in [0.5, 0.6) is 0 Å². The minimum atomic E-state index is -0.840. The normalized spacial score (nSPS) is 10.6. The number of hydrogen-bond donors (Lipinski definition) is 0. The lowest BCUT2D eigenvalue weighted by molar-refractivity contribution is 0.103. The van der Waals surface area contributed by atoms with Gasteiger partial charge in [0.25, 0.3) is 0 Å².